The van der Waals surface area contributed by atoms with Crippen LogP contribution in [0.2, 0.25) is 10.0 Å². The average molecular weight is 521 g/mol. The first-order chi connectivity index (χ1) is 12.3. The zero-order valence-electron chi connectivity index (χ0n) is 13.7. The molecule has 0 aliphatic heterocycles. The summed E-state index contributed by atoms with van der Waals surface area (Å²) in [5.74, 6) is 0. The van der Waals surface area contributed by atoms with Crippen molar-refractivity contribution in [1.82, 2.24) is 0 Å². The Kier molecular flexibility index (Phi) is 6.25. The van der Waals surface area contributed by atoms with Crippen molar-refractivity contribution in [2.45, 2.75) is 11.8 Å². The number of benzene rings is 3. The number of hydrogen-bond donors (Lipinski definition) is 0. The van der Waals surface area contributed by atoms with Gasteiger partial charge in [-0.25, -0.2) is 0 Å². The molecule has 0 N–H and O–H groups in total. The number of aryl methyl sites for hydroxylation is 1. The summed E-state index contributed by atoms with van der Waals surface area (Å²) in [6.45, 7) is 1.90. The van der Waals surface area contributed by atoms with E-state index < -0.39 is 30.4 Å². The van der Waals surface area contributed by atoms with Crippen molar-refractivity contribution >= 4 is 53.6 Å². The molecule has 7 heteroatoms. The van der Waals surface area contributed by atoms with Crippen LogP contribution in [0.25, 0.3) is 0 Å². The van der Waals surface area contributed by atoms with Gasteiger partial charge in [0.25, 0.3) is 0 Å². The second-order valence-electron chi connectivity index (χ2n) is 5.45. The molecule has 0 radical (unpaired) electrons. The van der Waals surface area contributed by atoms with Gasteiger partial charge in [0.1, 0.15) is 0 Å². The fraction of sp³-hybridized carbons (Fsp3) is 0.0526. The quantitative estimate of drug-likeness (QED) is 0.378. The Morgan fingerprint density at radius 1 is 0.731 bits per heavy atom. The van der Waals surface area contributed by atoms with Gasteiger partial charge in [-0.05, 0) is 0 Å². The van der Waals surface area contributed by atoms with Crippen LogP contribution in [0.15, 0.2) is 77.7 Å². The van der Waals surface area contributed by atoms with Crippen molar-refractivity contribution in [3.63, 3.8) is 0 Å². The van der Waals surface area contributed by atoms with E-state index in [2.05, 4.69) is 0 Å². The first-order valence-electron chi connectivity index (χ1n) is 7.58. The van der Waals surface area contributed by atoms with Crippen LogP contribution in [-0.2, 0) is 12.6 Å². The summed E-state index contributed by atoms with van der Waals surface area (Å²) in [4.78, 5) is 0.147. The Hall–Kier alpha value is -1.12. The minimum absolute atomic E-state index is 0.147. The van der Waals surface area contributed by atoms with Crippen molar-refractivity contribution < 1.29 is 10.9 Å². The third-order valence-corrected chi connectivity index (χ3v) is 11.3. The second kappa shape index (κ2) is 8.27. The van der Waals surface area contributed by atoms with Crippen molar-refractivity contribution in [2.24, 2.45) is 0 Å². The van der Waals surface area contributed by atoms with Gasteiger partial charge >= 0.3 is 172 Å². The molecule has 3 rings (SSSR count). The fourth-order valence-electron chi connectivity index (χ4n) is 2.11. The van der Waals surface area contributed by atoms with Crippen LogP contribution in [0.5, 0.6) is 0 Å². The number of rotatable bonds is 5. The first kappa shape index (κ1) is 19.6. The summed E-state index contributed by atoms with van der Waals surface area (Å²) in [6.07, 6.45) is 0. The van der Waals surface area contributed by atoms with E-state index >= 15 is 0 Å². The average Bonchev–Trinajstić information content (AvgIpc) is 2.62. The monoisotopic (exact) mass is 520 g/mol. The predicted molar refractivity (Wildman–Crippen MR) is 114 cm³/mol. The van der Waals surface area contributed by atoms with Gasteiger partial charge in [-0.1, -0.05) is 0 Å². The molecule has 0 aliphatic carbocycles. The van der Waals surface area contributed by atoms with Crippen LogP contribution < -0.4 is 0 Å². The second-order valence-corrected chi connectivity index (χ2v) is 12.8. The Morgan fingerprint density at radius 3 is 1.58 bits per heavy atom. The molecule has 0 heterocycles. The predicted octanol–water partition coefficient (Wildman–Crippen LogP) is 6.17. The number of halogens is 3. The Bertz CT molecular complexity index is 941. The van der Waals surface area contributed by atoms with Crippen molar-refractivity contribution in [3.05, 3.63) is 95.5 Å². The molecule has 0 aromatic heterocycles. The molecule has 0 amide bonds. The third kappa shape index (κ3) is 4.78. The summed E-state index contributed by atoms with van der Waals surface area (Å²) in [7, 11) is -3.89. The first-order valence-corrected chi connectivity index (χ1v) is 12.8. The summed E-state index contributed by atoms with van der Waals surface area (Å²) in [5, 5.41) is 1.17. The number of hydrogen-bond acceptors (Lipinski definition) is 3. The Balaban J connectivity index is 2.01. The van der Waals surface area contributed by atoms with Gasteiger partial charge in [0.05, 0.1) is 0 Å². The maximum absolute atomic E-state index is 12.8. The van der Waals surface area contributed by atoms with Crippen molar-refractivity contribution in [3.8, 4) is 0 Å². The molecule has 3 nitrogen and oxygen atoms in total. The van der Waals surface area contributed by atoms with Crippen LogP contribution in [0, 0.1) is 14.1 Å². The standard InChI is InChI=1S/C19H15Cl2IO3S/c1-14-2-12-19(13-3-14)26(23,24)25-22(17-8-4-15(20)5-9-17)18-10-6-16(21)7-11-18/h2-13H,1H3. The van der Waals surface area contributed by atoms with Crippen LogP contribution in [0.4, 0.5) is 0 Å². The molecule has 0 aliphatic rings. The van der Waals surface area contributed by atoms with Crippen molar-refractivity contribution in [1.29, 1.82) is 0 Å². The molecule has 0 atom stereocenters. The summed E-state index contributed by atoms with van der Waals surface area (Å²) in [6, 6.07) is 20.8. The Morgan fingerprint density at radius 2 is 1.15 bits per heavy atom. The molecule has 0 saturated heterocycles. The van der Waals surface area contributed by atoms with E-state index in [1.54, 1.807) is 48.5 Å². The minimum atomic E-state index is -3.89. The molecule has 0 fully saturated rings. The van der Waals surface area contributed by atoms with E-state index in [1.165, 1.54) is 0 Å². The normalized spacial score (nSPS) is 12.0. The fourth-order valence-corrected chi connectivity index (χ4v) is 9.25. The van der Waals surface area contributed by atoms with Gasteiger partial charge in [0.2, 0.25) is 0 Å². The third-order valence-electron chi connectivity index (χ3n) is 3.46. The zero-order chi connectivity index (χ0) is 18.7. The topological polar surface area (TPSA) is 43.4 Å². The molecule has 3 aromatic carbocycles. The molecule has 0 unspecified atom stereocenters. The summed E-state index contributed by atoms with van der Waals surface area (Å²) < 4.78 is 33.0. The van der Waals surface area contributed by atoms with Crippen LogP contribution in [0.3, 0.4) is 0 Å². The molecular weight excluding hydrogens is 506 g/mol. The van der Waals surface area contributed by atoms with Crippen molar-refractivity contribution in [2.75, 3.05) is 0 Å². The van der Waals surface area contributed by atoms with Crippen LogP contribution in [-0.4, -0.2) is 8.42 Å². The summed E-state index contributed by atoms with van der Waals surface area (Å²) >= 11 is 9.21. The molecule has 0 saturated carbocycles. The molecular formula is C19H15Cl2IO3S. The van der Waals surface area contributed by atoms with Gasteiger partial charge in [0, 0.05) is 0 Å². The zero-order valence-corrected chi connectivity index (χ0v) is 18.2. The van der Waals surface area contributed by atoms with E-state index in [9.17, 15) is 8.42 Å². The van der Waals surface area contributed by atoms with Gasteiger partial charge in [-0.2, -0.15) is 0 Å². The molecule has 3 aromatic rings. The molecule has 26 heavy (non-hydrogen) atoms. The van der Waals surface area contributed by atoms with E-state index in [0.717, 1.165) is 12.7 Å². The molecule has 0 bridgehead atoms. The van der Waals surface area contributed by atoms with Crippen LogP contribution >= 0.6 is 43.4 Å². The van der Waals surface area contributed by atoms with Gasteiger partial charge in [0.15, 0.2) is 0 Å². The van der Waals surface area contributed by atoms with E-state index in [1.807, 2.05) is 31.2 Å². The molecule has 136 valence electrons. The Labute approximate surface area is 171 Å². The van der Waals surface area contributed by atoms with Gasteiger partial charge in [-0.3, -0.25) is 0 Å². The SMILES string of the molecule is Cc1ccc(S(=O)(=O)OI(c2ccc(Cl)cc2)c2ccc(Cl)cc2)cc1. The summed E-state index contributed by atoms with van der Waals surface area (Å²) in [5.41, 5.74) is 0.981. The van der Waals surface area contributed by atoms with Crippen LogP contribution in [0.1, 0.15) is 5.56 Å². The van der Waals surface area contributed by atoms with E-state index in [-0.39, 0.29) is 4.90 Å². The van der Waals surface area contributed by atoms with E-state index in [0.29, 0.717) is 10.0 Å². The van der Waals surface area contributed by atoms with E-state index in [4.69, 9.17) is 25.7 Å². The molecule has 0 spiro atoms. The van der Waals surface area contributed by atoms with Gasteiger partial charge in [-0.15, -0.1) is 0 Å². The van der Waals surface area contributed by atoms with Gasteiger partial charge < -0.3 is 0 Å². The maximum atomic E-state index is 12.8.